The van der Waals surface area contributed by atoms with Crippen LogP contribution < -0.4 is 11.0 Å². The first-order valence-corrected chi connectivity index (χ1v) is 14.3. The van der Waals surface area contributed by atoms with E-state index in [1.165, 1.54) is 42.1 Å². The summed E-state index contributed by atoms with van der Waals surface area (Å²) in [5.41, 5.74) is -0.0319. The predicted molar refractivity (Wildman–Crippen MR) is 146 cm³/mol. The molecule has 0 spiro atoms. The van der Waals surface area contributed by atoms with E-state index in [2.05, 4.69) is 20.6 Å². The molecule has 4 atom stereocenters. The minimum absolute atomic E-state index is 0.0207. The first-order chi connectivity index (χ1) is 19.5. The summed E-state index contributed by atoms with van der Waals surface area (Å²) in [6.07, 6.45) is -1.84. The van der Waals surface area contributed by atoms with E-state index in [0.717, 1.165) is 21.2 Å². The highest BCUT2D eigenvalue weighted by molar-refractivity contribution is 8.01. The minimum atomic E-state index is -1.57. The Labute approximate surface area is 243 Å². The molecular weight excluding hydrogens is 600 g/mol. The molecule has 4 heterocycles. The molecule has 1 aromatic carbocycles. The van der Waals surface area contributed by atoms with E-state index in [1.807, 2.05) is 0 Å². The van der Waals surface area contributed by atoms with Crippen molar-refractivity contribution in [2.24, 2.45) is 0 Å². The number of H-pyrrole nitrogens is 1. The van der Waals surface area contributed by atoms with Gasteiger partial charge in [-0.3, -0.25) is 19.3 Å². The fourth-order valence-corrected chi connectivity index (χ4v) is 7.27. The molecular formula is C24H21ClN6O8S2. The number of carboxylic acids is 2. The first kappa shape index (κ1) is 28.7. The molecule has 2 aliphatic rings. The van der Waals surface area contributed by atoms with Gasteiger partial charge >= 0.3 is 17.6 Å². The summed E-state index contributed by atoms with van der Waals surface area (Å²) < 4.78 is 1.03. The Kier molecular flexibility index (Phi) is 8.08. The van der Waals surface area contributed by atoms with E-state index < -0.39 is 52.2 Å². The topological polar surface area (TPSA) is 207 Å². The van der Waals surface area contributed by atoms with E-state index in [9.17, 15) is 39.3 Å². The summed E-state index contributed by atoms with van der Waals surface area (Å²) in [6, 6.07) is 7.98. The Morgan fingerprint density at radius 3 is 2.59 bits per heavy atom. The number of benzene rings is 1. The van der Waals surface area contributed by atoms with Gasteiger partial charge in [-0.25, -0.2) is 14.7 Å². The Morgan fingerprint density at radius 1 is 1.17 bits per heavy atom. The Morgan fingerprint density at radius 2 is 1.90 bits per heavy atom. The summed E-state index contributed by atoms with van der Waals surface area (Å²) in [6.45, 7) is 0. The van der Waals surface area contributed by atoms with E-state index in [4.69, 9.17) is 11.6 Å². The number of hydrogen-bond acceptors (Lipinski definition) is 10. The van der Waals surface area contributed by atoms with Crippen LogP contribution in [0.1, 0.15) is 24.5 Å². The van der Waals surface area contributed by atoms with Gasteiger partial charge < -0.3 is 20.6 Å². The molecule has 3 unspecified atom stereocenters. The Bertz CT molecular complexity index is 1640. The summed E-state index contributed by atoms with van der Waals surface area (Å²) in [5, 5.41) is 41.9. The lowest BCUT2D eigenvalue weighted by atomic mass is 9.99. The number of aliphatic carboxylic acids is 2. The van der Waals surface area contributed by atoms with Gasteiger partial charge in [-0.05, 0) is 41.8 Å². The minimum Gasteiger partial charge on any atom is -0.481 e. The van der Waals surface area contributed by atoms with Crippen LogP contribution in [0.4, 0.5) is 0 Å². The SMILES string of the molecule is O=C(O)CCC(Sc1ccc2n[nH]c(=O)n2n1)C1=C(C(=O)O)N2C(=O)C(NC(=O)C(O)c3ccc(Cl)cc3)[C@@H]2SC1. The summed E-state index contributed by atoms with van der Waals surface area (Å²) in [4.78, 5) is 62.7. The third kappa shape index (κ3) is 5.68. The molecule has 0 bridgehead atoms. The van der Waals surface area contributed by atoms with Crippen molar-refractivity contribution in [1.82, 2.24) is 30.0 Å². The molecule has 0 aliphatic carbocycles. The van der Waals surface area contributed by atoms with Crippen molar-refractivity contribution < 1.29 is 34.5 Å². The van der Waals surface area contributed by atoms with Crippen LogP contribution in [0.2, 0.25) is 5.02 Å². The van der Waals surface area contributed by atoms with Crippen LogP contribution in [0.5, 0.6) is 0 Å². The van der Waals surface area contributed by atoms with Crippen LogP contribution in [-0.4, -0.2) is 86.2 Å². The van der Waals surface area contributed by atoms with Crippen LogP contribution in [0.3, 0.4) is 0 Å². The molecule has 2 amide bonds. The number of amides is 2. The van der Waals surface area contributed by atoms with Crippen molar-refractivity contribution in [3.8, 4) is 0 Å². The van der Waals surface area contributed by atoms with E-state index >= 15 is 0 Å². The lowest BCUT2D eigenvalue weighted by Crippen LogP contribution is -2.71. The summed E-state index contributed by atoms with van der Waals surface area (Å²) >= 11 is 8.12. The zero-order chi connectivity index (χ0) is 29.4. The second kappa shape index (κ2) is 11.6. The van der Waals surface area contributed by atoms with Crippen molar-refractivity contribution in [3.63, 3.8) is 0 Å². The number of halogens is 1. The number of nitrogens with one attached hydrogen (secondary N) is 2. The number of carbonyl (C=O) groups excluding carboxylic acids is 2. The number of aromatic amines is 1. The van der Waals surface area contributed by atoms with Crippen LogP contribution in [-0.2, 0) is 19.2 Å². The summed E-state index contributed by atoms with van der Waals surface area (Å²) in [7, 11) is 0. The van der Waals surface area contributed by atoms with Gasteiger partial charge in [-0.2, -0.15) is 14.7 Å². The van der Waals surface area contributed by atoms with Gasteiger partial charge in [-0.1, -0.05) is 35.5 Å². The number of aliphatic hydroxyl groups excluding tert-OH is 1. The number of aliphatic hydroxyl groups is 1. The zero-order valence-corrected chi connectivity index (χ0v) is 23.1. The van der Waals surface area contributed by atoms with E-state index in [0.29, 0.717) is 15.6 Å². The van der Waals surface area contributed by atoms with Crippen molar-refractivity contribution in [1.29, 1.82) is 0 Å². The second-order valence-corrected chi connectivity index (χ2v) is 11.8. The van der Waals surface area contributed by atoms with Crippen molar-refractivity contribution in [3.05, 3.63) is 68.7 Å². The number of thioether (sulfide) groups is 2. The number of carbonyl (C=O) groups is 4. The zero-order valence-electron chi connectivity index (χ0n) is 20.8. The average molecular weight is 621 g/mol. The Balaban J connectivity index is 1.39. The molecule has 214 valence electrons. The molecule has 2 aliphatic heterocycles. The lowest BCUT2D eigenvalue weighted by Gasteiger charge is -2.50. The van der Waals surface area contributed by atoms with Crippen LogP contribution in [0, 0.1) is 0 Å². The molecule has 41 heavy (non-hydrogen) atoms. The van der Waals surface area contributed by atoms with Gasteiger partial charge in [0.25, 0.3) is 11.8 Å². The molecule has 3 aromatic rings. The molecule has 1 saturated heterocycles. The first-order valence-electron chi connectivity index (χ1n) is 12.0. The Hall–Kier alpha value is -3.86. The van der Waals surface area contributed by atoms with Crippen molar-refractivity contribution >= 4 is 64.5 Å². The van der Waals surface area contributed by atoms with Gasteiger partial charge in [0.05, 0.1) is 0 Å². The fraction of sp³-hybridized carbons (Fsp3) is 0.292. The molecule has 1 fully saturated rings. The number of nitrogens with zero attached hydrogens (tertiary/aromatic N) is 4. The number of fused-ring (bicyclic) bond motifs is 2. The molecule has 5 rings (SSSR count). The van der Waals surface area contributed by atoms with Gasteiger partial charge in [0.15, 0.2) is 11.8 Å². The summed E-state index contributed by atoms with van der Waals surface area (Å²) in [5.74, 6) is -3.87. The van der Waals surface area contributed by atoms with Crippen molar-refractivity contribution in [2.75, 3.05) is 5.75 Å². The number of aromatic nitrogens is 4. The molecule has 0 saturated carbocycles. The van der Waals surface area contributed by atoms with Gasteiger partial charge in [0.2, 0.25) is 0 Å². The van der Waals surface area contributed by atoms with Gasteiger partial charge in [0, 0.05) is 22.4 Å². The van der Waals surface area contributed by atoms with Gasteiger partial charge in [0.1, 0.15) is 22.1 Å². The highest BCUT2D eigenvalue weighted by atomic mass is 35.5. The van der Waals surface area contributed by atoms with E-state index in [1.54, 1.807) is 6.07 Å². The third-order valence-corrected chi connectivity index (χ3v) is 9.27. The predicted octanol–water partition coefficient (Wildman–Crippen LogP) is 0.869. The molecule has 2 aromatic heterocycles. The maximum Gasteiger partial charge on any atom is 0.364 e. The third-order valence-electron chi connectivity index (χ3n) is 6.45. The van der Waals surface area contributed by atoms with Gasteiger partial charge in [-0.15, -0.1) is 11.8 Å². The second-order valence-electron chi connectivity index (χ2n) is 9.04. The maximum atomic E-state index is 13.1. The molecule has 5 N–H and O–H groups in total. The average Bonchev–Trinajstić information content (AvgIpc) is 3.32. The number of rotatable bonds is 10. The molecule has 0 radical (unpaired) electrons. The number of hydrogen-bond donors (Lipinski definition) is 5. The quantitative estimate of drug-likeness (QED) is 0.158. The normalized spacial score (nSPS) is 19.9. The highest BCUT2D eigenvalue weighted by Crippen LogP contribution is 2.44. The van der Waals surface area contributed by atoms with Crippen molar-refractivity contribution in [2.45, 2.75) is 40.6 Å². The van der Waals surface area contributed by atoms with Crippen LogP contribution in [0.15, 0.2) is 57.5 Å². The maximum absolute atomic E-state index is 13.1. The molecule has 17 heteroatoms. The lowest BCUT2D eigenvalue weighted by molar-refractivity contribution is -0.151. The number of β-lactam (4-membered cyclic amide) rings is 1. The number of carboxylic acid groups (broad SMARTS) is 2. The fourth-order valence-electron chi connectivity index (χ4n) is 4.47. The monoisotopic (exact) mass is 620 g/mol. The smallest absolute Gasteiger partial charge is 0.364 e. The standard InChI is InChI=1S/C24H21ClN6O8S2/c25-11-3-1-10(2-4-11)19(34)20(35)26-17-21(36)30-18(23(37)38)12(9-40-22(17)30)13(5-8-16(32)33)41-15-7-6-14-27-28-24(39)31(14)29-15/h1-4,6-7,13,17,19,22,34H,5,8-9H2,(H,26,35)(H,28,39)(H,32,33)(H,37,38)/t13?,17?,19?,22-/m0/s1. The van der Waals surface area contributed by atoms with E-state index in [-0.39, 0.29) is 35.5 Å². The largest absolute Gasteiger partial charge is 0.481 e. The van der Waals surface area contributed by atoms with Crippen LogP contribution >= 0.6 is 35.1 Å². The molecule has 14 nitrogen and oxygen atoms in total. The highest BCUT2D eigenvalue weighted by Gasteiger charge is 2.55. The van der Waals surface area contributed by atoms with Crippen LogP contribution in [0.25, 0.3) is 5.65 Å².